The van der Waals surface area contributed by atoms with Gasteiger partial charge in [-0.25, -0.2) is 9.59 Å². The van der Waals surface area contributed by atoms with E-state index in [1.54, 1.807) is 4.91 Å². The Morgan fingerprint density at radius 3 is 2.31 bits per heavy atom. The maximum atomic E-state index is 11.5. The van der Waals surface area contributed by atoms with E-state index >= 15 is 0 Å². The zero-order valence-corrected chi connectivity index (χ0v) is 14.1. The van der Waals surface area contributed by atoms with Gasteiger partial charge in [0.05, 0.1) is 0 Å². The first-order valence-corrected chi connectivity index (χ1v) is 7.47. The number of nitrogens with zero attached hydrogens (tertiary/aromatic N) is 2. The van der Waals surface area contributed by atoms with Crippen molar-refractivity contribution in [3.63, 3.8) is 0 Å². The Labute approximate surface area is 151 Å². The Morgan fingerprint density at radius 2 is 1.85 bits per heavy atom. The third-order valence-corrected chi connectivity index (χ3v) is 2.75. The molecule has 0 bridgehead atoms. The number of alkyl carbamates (subject to hydrolysis) is 1. The first-order valence-electron chi connectivity index (χ1n) is 7.47. The van der Waals surface area contributed by atoms with Gasteiger partial charge in [-0.1, -0.05) is 30.3 Å². The predicted molar refractivity (Wildman–Crippen MR) is 93.7 cm³/mol. The second-order valence-electron chi connectivity index (χ2n) is 4.60. The van der Waals surface area contributed by atoms with Gasteiger partial charge in [-0.2, -0.15) is 0 Å². The summed E-state index contributed by atoms with van der Waals surface area (Å²) in [5.74, 6) is -1.07. The number of carbonyl (C=O) groups is 2. The smallest absolute Gasteiger partial charge is 0.480 e. The summed E-state index contributed by atoms with van der Waals surface area (Å²) in [6.07, 6.45) is 0.984. The monoisotopic (exact) mass is 368 g/mol. The van der Waals surface area contributed by atoms with Crippen molar-refractivity contribution in [1.82, 2.24) is 5.32 Å². The van der Waals surface area contributed by atoms with Crippen LogP contribution in [0.15, 0.2) is 30.3 Å². The molecule has 1 aromatic rings. The standard InChI is InChI=1S/C14H20N2O4.BH2O2.HN3/c15-9-5-4-8-12(13(17)18)16-14(19)20-10-11-6-2-1-3-7-11;2-1-3;1-3-2/h1-3,6-7,12H,4-5,8-10,15H2,(H,16,19)(H,17,18);2-3H;1H/t12-;;/m0../s1. The number of hydrogen-bond donors (Lipinski definition) is 6. The van der Waals surface area contributed by atoms with Crippen molar-refractivity contribution < 1.29 is 29.5 Å². The molecule has 7 N–H and O–H groups in total. The molecule has 1 atom stereocenters. The van der Waals surface area contributed by atoms with Gasteiger partial charge in [-0.3, -0.25) is 0 Å². The molecular weight excluding hydrogens is 345 g/mol. The second-order valence-corrected chi connectivity index (χ2v) is 4.60. The number of carboxylic acids is 1. The summed E-state index contributed by atoms with van der Waals surface area (Å²) in [5, 5.41) is 25.3. The number of ether oxygens (including phenoxy) is 1. The Bertz CT molecular complexity index is 528. The van der Waals surface area contributed by atoms with Crippen LogP contribution in [0, 0.1) is 5.53 Å². The van der Waals surface area contributed by atoms with Gasteiger partial charge in [-0.05, 0) is 41.8 Å². The number of carboxylic acid groups (broad SMARTS) is 1. The van der Waals surface area contributed by atoms with Crippen LogP contribution < -0.4 is 11.1 Å². The number of hydrogen-bond acceptors (Lipinski definition) is 7. The van der Waals surface area contributed by atoms with Crippen molar-refractivity contribution in [3.8, 4) is 0 Å². The van der Waals surface area contributed by atoms with Crippen LogP contribution in [0.3, 0.4) is 0 Å². The Hall–Kier alpha value is -2.79. The molecule has 0 saturated heterocycles. The minimum Gasteiger partial charge on any atom is -0.480 e. The number of amides is 1. The van der Waals surface area contributed by atoms with Crippen LogP contribution in [-0.4, -0.2) is 47.5 Å². The summed E-state index contributed by atoms with van der Waals surface area (Å²) in [4.78, 5) is 24.3. The van der Waals surface area contributed by atoms with Crippen LogP contribution in [0.4, 0.5) is 4.79 Å². The maximum absolute atomic E-state index is 11.5. The molecular formula is C14H23BN5O6. The number of carbonyl (C=O) groups excluding carboxylic acids is 1. The second kappa shape index (κ2) is 18.6. The molecule has 0 unspecified atom stereocenters. The van der Waals surface area contributed by atoms with Crippen LogP contribution in [-0.2, 0) is 16.1 Å². The first kappa shape index (κ1) is 25.5. The van der Waals surface area contributed by atoms with Gasteiger partial charge in [0.2, 0.25) is 0 Å². The SMILES string of the molecule is NCCCC[C@H](NC(=O)OCc1ccccc1)C(=O)O.O[B]O.[N-]=[N+]=N. The summed E-state index contributed by atoms with van der Waals surface area (Å²) in [7, 11) is 0. The van der Waals surface area contributed by atoms with E-state index in [9.17, 15) is 9.59 Å². The van der Waals surface area contributed by atoms with E-state index in [1.165, 1.54) is 0 Å². The number of benzene rings is 1. The van der Waals surface area contributed by atoms with Crippen LogP contribution in [0.25, 0.3) is 10.4 Å². The molecule has 0 heterocycles. The zero-order valence-electron chi connectivity index (χ0n) is 14.1. The lowest BCUT2D eigenvalue weighted by Crippen LogP contribution is -2.41. The lowest BCUT2D eigenvalue weighted by Gasteiger charge is -2.14. The molecule has 12 heteroatoms. The summed E-state index contributed by atoms with van der Waals surface area (Å²) >= 11 is 0. The Balaban J connectivity index is 0. The highest BCUT2D eigenvalue weighted by molar-refractivity contribution is 6.13. The van der Waals surface area contributed by atoms with E-state index in [2.05, 4.69) is 5.32 Å². The molecule has 1 radical (unpaired) electrons. The number of aliphatic carboxylic acids is 1. The highest BCUT2D eigenvalue weighted by Crippen LogP contribution is 2.03. The van der Waals surface area contributed by atoms with Crippen molar-refractivity contribution in [3.05, 3.63) is 46.3 Å². The molecule has 0 fully saturated rings. The lowest BCUT2D eigenvalue weighted by atomic mass is 10.1. The van der Waals surface area contributed by atoms with Crippen LogP contribution in [0.5, 0.6) is 0 Å². The minimum absolute atomic E-state index is 0. The lowest BCUT2D eigenvalue weighted by molar-refractivity contribution is -0.139. The van der Waals surface area contributed by atoms with Gasteiger partial charge in [0, 0.05) is 0 Å². The van der Waals surface area contributed by atoms with E-state index in [-0.39, 0.29) is 14.3 Å². The molecule has 0 aliphatic carbocycles. The molecule has 0 aromatic heterocycles. The normalized spacial score (nSPS) is 9.81. The molecule has 0 saturated carbocycles. The molecule has 143 valence electrons. The maximum Gasteiger partial charge on any atom is 0.482 e. The third kappa shape index (κ3) is 16.1. The summed E-state index contributed by atoms with van der Waals surface area (Å²) in [6.45, 7) is 0.618. The van der Waals surface area contributed by atoms with Gasteiger partial charge < -0.3 is 30.9 Å². The van der Waals surface area contributed by atoms with Crippen molar-refractivity contribution in [1.29, 1.82) is 5.53 Å². The zero-order chi connectivity index (χ0) is 20.2. The molecule has 1 amide bonds. The predicted octanol–water partition coefficient (Wildman–Crippen LogP) is 0.876. The molecule has 0 spiro atoms. The highest BCUT2D eigenvalue weighted by atomic mass is 16.5. The average Bonchev–Trinajstić information content (AvgIpc) is 2.61. The Kier molecular flexibility index (Phi) is 18.2. The molecule has 26 heavy (non-hydrogen) atoms. The van der Waals surface area contributed by atoms with Gasteiger partial charge >= 0.3 is 19.7 Å². The number of rotatable bonds is 8. The fourth-order valence-electron chi connectivity index (χ4n) is 1.66. The minimum atomic E-state index is -1.07. The largest absolute Gasteiger partial charge is 0.482 e. The summed E-state index contributed by atoms with van der Waals surface area (Å²) < 4.78 is 4.98. The molecule has 11 nitrogen and oxygen atoms in total. The number of nitrogens with two attached hydrogens (primary N) is 1. The number of nitrogens with one attached hydrogen (secondary N) is 2. The molecule has 0 aliphatic heterocycles. The van der Waals surface area contributed by atoms with E-state index < -0.39 is 18.1 Å². The first-order chi connectivity index (χ1) is 12.5. The van der Waals surface area contributed by atoms with Crippen LogP contribution >= 0.6 is 0 Å². The van der Waals surface area contributed by atoms with E-state index in [0.29, 0.717) is 19.4 Å². The van der Waals surface area contributed by atoms with Gasteiger partial charge in [0.25, 0.3) is 0 Å². The Morgan fingerprint density at radius 1 is 1.31 bits per heavy atom. The molecule has 1 aromatic carbocycles. The fourth-order valence-corrected chi connectivity index (χ4v) is 1.66. The average molecular weight is 368 g/mol. The molecule has 1 rings (SSSR count). The summed E-state index contributed by atoms with van der Waals surface area (Å²) in [6, 6.07) is 8.24. The van der Waals surface area contributed by atoms with E-state index in [1.807, 2.05) is 30.3 Å². The topological polar surface area (TPSA) is 202 Å². The fraction of sp³-hybridized carbons (Fsp3) is 0.429. The highest BCUT2D eigenvalue weighted by Gasteiger charge is 2.19. The van der Waals surface area contributed by atoms with Gasteiger partial charge in [0.15, 0.2) is 0 Å². The quantitative estimate of drug-likeness (QED) is 0.128. The van der Waals surface area contributed by atoms with Gasteiger partial charge in [-0.15, -0.1) is 5.53 Å². The van der Waals surface area contributed by atoms with Gasteiger partial charge in [0.1, 0.15) is 12.6 Å². The van der Waals surface area contributed by atoms with Crippen molar-refractivity contribution in [2.75, 3.05) is 6.54 Å². The third-order valence-electron chi connectivity index (χ3n) is 2.75. The summed E-state index contributed by atoms with van der Waals surface area (Å²) in [5.41, 5.74) is 18.4. The van der Waals surface area contributed by atoms with Crippen molar-refractivity contribution in [2.24, 2.45) is 5.73 Å². The van der Waals surface area contributed by atoms with Crippen LogP contribution in [0.2, 0.25) is 0 Å². The molecule has 0 aliphatic rings. The van der Waals surface area contributed by atoms with Crippen molar-refractivity contribution in [2.45, 2.75) is 31.9 Å². The number of unbranched alkanes of at least 4 members (excludes halogenated alkanes) is 1. The van der Waals surface area contributed by atoms with Crippen molar-refractivity contribution >= 4 is 19.7 Å². The van der Waals surface area contributed by atoms with Crippen LogP contribution in [0.1, 0.15) is 24.8 Å². The van der Waals surface area contributed by atoms with E-state index in [0.717, 1.165) is 12.0 Å². The van der Waals surface area contributed by atoms with E-state index in [4.69, 9.17) is 36.7 Å².